The lowest BCUT2D eigenvalue weighted by molar-refractivity contribution is 0.480. The van der Waals surface area contributed by atoms with E-state index in [-0.39, 0.29) is 5.92 Å². The molecule has 0 fully saturated rings. The fraction of sp³-hybridized carbons (Fsp3) is 0.0312. The summed E-state index contributed by atoms with van der Waals surface area (Å²) in [5, 5.41) is 12.3. The van der Waals surface area contributed by atoms with Gasteiger partial charge in [0.25, 0.3) is 0 Å². The second kappa shape index (κ2) is 16.2. The van der Waals surface area contributed by atoms with Gasteiger partial charge in [-0.15, -0.1) is 0 Å². The zero-order valence-corrected chi connectivity index (χ0v) is 37.2. The number of rotatable bonds is 8. The van der Waals surface area contributed by atoms with Crippen molar-refractivity contribution in [2.75, 3.05) is 10.2 Å². The van der Waals surface area contributed by atoms with E-state index in [0.717, 1.165) is 96.1 Å². The van der Waals surface area contributed by atoms with E-state index >= 15 is 0 Å². The lowest BCUT2D eigenvalue weighted by Crippen LogP contribution is -2.14. The highest BCUT2D eigenvalue weighted by Crippen LogP contribution is 2.52. The summed E-state index contributed by atoms with van der Waals surface area (Å²) < 4.78 is 13.2. The van der Waals surface area contributed by atoms with Crippen LogP contribution in [0.4, 0.5) is 28.4 Å². The third-order valence-corrected chi connectivity index (χ3v) is 13.8. The van der Waals surface area contributed by atoms with Gasteiger partial charge in [-0.1, -0.05) is 183 Å². The molecule has 1 atom stereocenters. The number of para-hydroxylation sites is 4. The van der Waals surface area contributed by atoms with Gasteiger partial charge in [-0.05, 0) is 92.3 Å². The Morgan fingerprint density at radius 2 is 1.22 bits per heavy atom. The molecule has 1 aliphatic carbocycles. The van der Waals surface area contributed by atoms with Crippen molar-refractivity contribution in [1.29, 1.82) is 0 Å². The van der Waals surface area contributed by atoms with E-state index < -0.39 is 0 Å². The topological polar surface area (TPSA) is 37.6 Å². The highest BCUT2D eigenvalue weighted by Gasteiger charge is 2.29. The minimum atomic E-state index is 0.0621. The number of allylic oxidation sites excluding steroid dienone is 5. The highest BCUT2D eigenvalue weighted by molar-refractivity contribution is 6.29. The van der Waals surface area contributed by atoms with Crippen molar-refractivity contribution in [1.82, 2.24) is 0 Å². The van der Waals surface area contributed by atoms with Gasteiger partial charge >= 0.3 is 0 Å². The molecule has 68 heavy (non-hydrogen) atoms. The molecule has 0 radical (unpaired) electrons. The molecule has 0 spiro atoms. The standard InChI is InChI=1S/C64H44N2O2/c1-41-17-14-15-38-67-64-47(41)25-16-28-58(64)66(56-27-12-9-23-49(56)43-20-6-3-7-21-43)57-37-33-46-39-53(45-31-34-51-50-24-10-13-29-59(50)68-60(51)40-45)63-55(36-32-44-30-35-52(57)61(46)62(44)63)65-54-26-11-8-22-48(54)42-18-4-2-5-19-42/h2-39,45,65H,1,40H2/b17-14-,38-15-/t45-/m1/s1. The minimum absolute atomic E-state index is 0.0621. The number of fused-ring (bicyclic) bond motifs is 4. The van der Waals surface area contributed by atoms with Crippen LogP contribution in [0.1, 0.15) is 28.4 Å². The third-order valence-electron chi connectivity index (χ3n) is 13.8. The van der Waals surface area contributed by atoms with Crippen LogP contribution >= 0.6 is 0 Å². The summed E-state index contributed by atoms with van der Waals surface area (Å²) in [6.07, 6.45) is 13.1. The largest absolute Gasteiger partial charge is 0.462 e. The van der Waals surface area contributed by atoms with Gasteiger partial charge < -0.3 is 19.4 Å². The van der Waals surface area contributed by atoms with Crippen molar-refractivity contribution >= 4 is 83.4 Å². The first-order chi connectivity index (χ1) is 33.7. The monoisotopic (exact) mass is 872 g/mol. The number of ether oxygens (including phenoxy) is 1. The fourth-order valence-corrected chi connectivity index (χ4v) is 10.7. The van der Waals surface area contributed by atoms with Crippen molar-refractivity contribution in [3.05, 3.63) is 254 Å². The Labute approximate surface area is 395 Å². The van der Waals surface area contributed by atoms with Gasteiger partial charge in [0, 0.05) is 62.1 Å². The normalized spacial score (nSPS) is 15.2. The van der Waals surface area contributed by atoms with Crippen molar-refractivity contribution in [3.63, 3.8) is 0 Å². The van der Waals surface area contributed by atoms with Gasteiger partial charge in [0.05, 0.1) is 23.3 Å². The molecule has 0 bridgehead atoms. The Morgan fingerprint density at radius 1 is 0.515 bits per heavy atom. The molecule has 322 valence electrons. The Kier molecular flexibility index (Phi) is 9.43. The SMILES string of the molecule is C=C1/C=C\C=C/Oc2c1cccc2N(c1ccccc1-c1ccccc1)c1ccc2cc([C@@H]3C=Cc4c(oc5ccccc45)C3)c3c(Nc4ccccc4-c4ccccc4)ccc4ccc1c2c43. The average molecular weight is 873 g/mol. The number of hydrogen-bond donors (Lipinski definition) is 1. The zero-order chi connectivity index (χ0) is 45.1. The van der Waals surface area contributed by atoms with Gasteiger partial charge in [-0.25, -0.2) is 0 Å². The number of furan rings is 1. The molecule has 4 nitrogen and oxygen atoms in total. The van der Waals surface area contributed by atoms with Crippen LogP contribution in [-0.2, 0) is 6.42 Å². The van der Waals surface area contributed by atoms with E-state index in [2.05, 4.69) is 223 Å². The smallest absolute Gasteiger partial charge is 0.158 e. The second-order valence-corrected chi connectivity index (χ2v) is 17.7. The fourth-order valence-electron chi connectivity index (χ4n) is 10.7. The van der Waals surface area contributed by atoms with Crippen LogP contribution in [0.2, 0.25) is 0 Å². The van der Waals surface area contributed by atoms with Crippen LogP contribution in [0.5, 0.6) is 5.75 Å². The maximum absolute atomic E-state index is 6.61. The van der Waals surface area contributed by atoms with Crippen LogP contribution in [0.25, 0.3) is 77.2 Å². The molecule has 1 aliphatic heterocycles. The van der Waals surface area contributed by atoms with Crippen LogP contribution in [-0.4, -0.2) is 0 Å². The van der Waals surface area contributed by atoms with Crippen LogP contribution in [0.15, 0.2) is 236 Å². The molecule has 0 saturated carbocycles. The molecule has 0 unspecified atom stereocenters. The van der Waals surface area contributed by atoms with Gasteiger partial charge in [0.15, 0.2) is 5.75 Å². The summed E-state index contributed by atoms with van der Waals surface area (Å²) in [5.74, 6) is 1.83. The molecule has 2 aliphatic rings. The maximum atomic E-state index is 6.61. The van der Waals surface area contributed by atoms with Crippen molar-refractivity contribution in [2.45, 2.75) is 12.3 Å². The summed E-state index contributed by atoms with van der Waals surface area (Å²) in [6.45, 7) is 4.47. The van der Waals surface area contributed by atoms with E-state index in [4.69, 9.17) is 9.15 Å². The Balaban J connectivity index is 1.08. The highest BCUT2D eigenvalue weighted by atomic mass is 16.5. The molecule has 1 N–H and O–H groups in total. The van der Waals surface area contributed by atoms with Crippen LogP contribution in [0, 0.1) is 0 Å². The minimum Gasteiger partial charge on any atom is -0.462 e. The molecule has 1 aromatic heterocycles. The number of anilines is 5. The first kappa shape index (κ1) is 39.5. The lowest BCUT2D eigenvalue weighted by Gasteiger charge is -2.32. The molecule has 13 rings (SSSR count). The number of nitrogens with one attached hydrogen (secondary N) is 1. The first-order valence-electron chi connectivity index (χ1n) is 23.3. The molecule has 4 heteroatoms. The second-order valence-electron chi connectivity index (χ2n) is 17.7. The zero-order valence-electron chi connectivity index (χ0n) is 37.2. The Bertz CT molecular complexity index is 3860. The van der Waals surface area contributed by atoms with Crippen LogP contribution in [0.3, 0.4) is 0 Å². The number of nitrogens with zero attached hydrogens (tertiary/aromatic N) is 1. The Morgan fingerprint density at radius 3 is 2.09 bits per heavy atom. The van der Waals surface area contributed by atoms with E-state index in [9.17, 15) is 0 Å². The molecule has 0 saturated heterocycles. The van der Waals surface area contributed by atoms with Crippen molar-refractivity contribution in [2.24, 2.45) is 0 Å². The summed E-state index contributed by atoms with van der Waals surface area (Å²) in [6, 6.07) is 69.5. The van der Waals surface area contributed by atoms with Crippen molar-refractivity contribution in [3.8, 4) is 28.0 Å². The molecule has 0 amide bonds. The number of benzene rings is 10. The summed E-state index contributed by atoms with van der Waals surface area (Å²) in [7, 11) is 0. The summed E-state index contributed by atoms with van der Waals surface area (Å²) >= 11 is 0. The molecule has 11 aromatic rings. The van der Waals surface area contributed by atoms with Gasteiger partial charge in [0.1, 0.15) is 11.3 Å². The third kappa shape index (κ3) is 6.52. The van der Waals surface area contributed by atoms with Gasteiger partial charge in [-0.3, -0.25) is 0 Å². The molecule has 10 aromatic carbocycles. The van der Waals surface area contributed by atoms with E-state index in [0.29, 0.717) is 0 Å². The van der Waals surface area contributed by atoms with Gasteiger partial charge in [0.2, 0.25) is 0 Å². The molecular formula is C64H44N2O2. The predicted molar refractivity (Wildman–Crippen MR) is 285 cm³/mol. The van der Waals surface area contributed by atoms with Gasteiger partial charge in [-0.2, -0.15) is 0 Å². The van der Waals surface area contributed by atoms with Crippen molar-refractivity contribution < 1.29 is 9.15 Å². The molecule has 2 heterocycles. The van der Waals surface area contributed by atoms with E-state index in [1.54, 1.807) is 6.26 Å². The summed E-state index contributed by atoms with van der Waals surface area (Å²) in [5.41, 5.74) is 14.8. The average Bonchev–Trinajstić information content (AvgIpc) is 3.77. The van der Waals surface area contributed by atoms with E-state index in [1.807, 2.05) is 18.2 Å². The number of hydrogen-bond acceptors (Lipinski definition) is 4. The first-order valence-corrected chi connectivity index (χ1v) is 23.3. The predicted octanol–water partition coefficient (Wildman–Crippen LogP) is 17.7. The summed E-state index contributed by atoms with van der Waals surface area (Å²) in [4.78, 5) is 2.39. The maximum Gasteiger partial charge on any atom is 0.158 e. The van der Waals surface area contributed by atoms with Crippen LogP contribution < -0.4 is 15.0 Å². The quantitative estimate of drug-likeness (QED) is 0.154. The molecular weight excluding hydrogens is 829 g/mol. The van der Waals surface area contributed by atoms with E-state index in [1.165, 1.54) is 38.1 Å². The lowest BCUT2D eigenvalue weighted by atomic mass is 9.81. The Hall–Kier alpha value is -8.86.